The standard InChI is InChI=1S/C18H18N2O3S/c1-2-11-19-18(21)15-8-9-17-14(13-15)10-12-20(17)24(22,23)16-6-4-3-5-7-16/h2-9,13H,1,10-12H2,(H,19,21). The second-order valence-electron chi connectivity index (χ2n) is 5.48. The average Bonchev–Trinajstić information content (AvgIpc) is 3.04. The molecule has 124 valence electrons. The fourth-order valence-electron chi connectivity index (χ4n) is 2.75. The lowest BCUT2D eigenvalue weighted by Crippen LogP contribution is -2.29. The van der Waals surface area contributed by atoms with E-state index >= 15 is 0 Å². The lowest BCUT2D eigenvalue weighted by molar-refractivity contribution is 0.0958. The van der Waals surface area contributed by atoms with Gasteiger partial charge in [0.2, 0.25) is 0 Å². The molecule has 0 atom stereocenters. The monoisotopic (exact) mass is 342 g/mol. The first kappa shape index (κ1) is 16.3. The molecule has 0 saturated carbocycles. The molecule has 2 aromatic rings. The number of fused-ring (bicyclic) bond motifs is 1. The number of rotatable bonds is 5. The van der Waals surface area contributed by atoms with Crippen molar-refractivity contribution >= 4 is 21.6 Å². The quantitative estimate of drug-likeness (QED) is 0.848. The van der Waals surface area contributed by atoms with Crippen LogP contribution in [0, 0.1) is 0 Å². The predicted molar refractivity (Wildman–Crippen MR) is 93.7 cm³/mol. The molecule has 1 heterocycles. The number of nitrogens with zero attached hydrogens (tertiary/aromatic N) is 1. The van der Waals surface area contributed by atoms with E-state index in [1.807, 2.05) is 0 Å². The van der Waals surface area contributed by atoms with Gasteiger partial charge < -0.3 is 5.32 Å². The number of carbonyl (C=O) groups excluding carboxylic acids is 1. The molecular weight excluding hydrogens is 324 g/mol. The molecule has 0 spiro atoms. The molecule has 0 saturated heterocycles. The van der Waals surface area contributed by atoms with Gasteiger partial charge in [-0.1, -0.05) is 24.3 Å². The first-order chi connectivity index (χ1) is 11.5. The van der Waals surface area contributed by atoms with Crippen LogP contribution in [0.15, 0.2) is 66.1 Å². The summed E-state index contributed by atoms with van der Waals surface area (Å²) in [7, 11) is -3.58. The van der Waals surface area contributed by atoms with Gasteiger partial charge >= 0.3 is 0 Å². The van der Waals surface area contributed by atoms with E-state index < -0.39 is 10.0 Å². The first-order valence-corrected chi connectivity index (χ1v) is 9.08. The maximum atomic E-state index is 12.8. The van der Waals surface area contributed by atoms with Gasteiger partial charge in [0, 0.05) is 18.7 Å². The summed E-state index contributed by atoms with van der Waals surface area (Å²) in [5.74, 6) is -0.193. The van der Waals surface area contributed by atoms with Crippen molar-refractivity contribution in [2.45, 2.75) is 11.3 Å². The van der Waals surface area contributed by atoms with Gasteiger partial charge in [-0.15, -0.1) is 6.58 Å². The molecule has 1 amide bonds. The lowest BCUT2D eigenvalue weighted by atomic mass is 10.1. The van der Waals surface area contributed by atoms with Crippen LogP contribution < -0.4 is 9.62 Å². The van der Waals surface area contributed by atoms with Gasteiger partial charge in [-0.25, -0.2) is 8.42 Å². The molecule has 1 aliphatic heterocycles. The summed E-state index contributed by atoms with van der Waals surface area (Å²) < 4.78 is 27.0. The molecule has 0 aliphatic carbocycles. The highest BCUT2D eigenvalue weighted by atomic mass is 32.2. The van der Waals surface area contributed by atoms with Crippen LogP contribution in [0.2, 0.25) is 0 Å². The Labute approximate surface area is 141 Å². The third-order valence-corrected chi connectivity index (χ3v) is 5.76. The summed E-state index contributed by atoms with van der Waals surface area (Å²) in [5, 5.41) is 2.72. The van der Waals surface area contributed by atoms with Crippen molar-refractivity contribution in [3.05, 3.63) is 72.3 Å². The third kappa shape index (κ3) is 2.92. The van der Waals surface area contributed by atoms with E-state index in [0.29, 0.717) is 30.8 Å². The molecule has 0 radical (unpaired) electrons. The van der Waals surface area contributed by atoms with Gasteiger partial charge in [0.25, 0.3) is 15.9 Å². The number of amides is 1. The van der Waals surface area contributed by atoms with Gasteiger partial charge in [-0.2, -0.15) is 0 Å². The molecule has 0 unspecified atom stereocenters. The zero-order valence-electron chi connectivity index (χ0n) is 13.1. The maximum Gasteiger partial charge on any atom is 0.264 e. The summed E-state index contributed by atoms with van der Waals surface area (Å²) in [6, 6.07) is 13.5. The highest BCUT2D eigenvalue weighted by molar-refractivity contribution is 7.92. The van der Waals surface area contributed by atoms with E-state index in [4.69, 9.17) is 0 Å². The molecule has 5 nitrogen and oxygen atoms in total. The van der Waals surface area contributed by atoms with Crippen LogP contribution in [0.3, 0.4) is 0 Å². The summed E-state index contributed by atoms with van der Waals surface area (Å²) in [4.78, 5) is 12.3. The molecule has 2 aromatic carbocycles. The van der Waals surface area contributed by atoms with Gasteiger partial charge in [-0.05, 0) is 42.3 Å². The Hall–Kier alpha value is -2.60. The van der Waals surface area contributed by atoms with Gasteiger partial charge in [0.05, 0.1) is 10.6 Å². The number of sulfonamides is 1. The SMILES string of the molecule is C=CCNC(=O)c1ccc2c(c1)CCN2S(=O)(=O)c1ccccc1. The van der Waals surface area contributed by atoms with E-state index in [2.05, 4.69) is 11.9 Å². The van der Waals surface area contributed by atoms with Crippen molar-refractivity contribution in [3.8, 4) is 0 Å². The van der Waals surface area contributed by atoms with Crippen molar-refractivity contribution < 1.29 is 13.2 Å². The summed E-state index contributed by atoms with van der Waals surface area (Å²) >= 11 is 0. The zero-order chi connectivity index (χ0) is 17.2. The van der Waals surface area contributed by atoms with Crippen LogP contribution in [0.1, 0.15) is 15.9 Å². The predicted octanol–water partition coefficient (Wildman–Crippen LogP) is 2.35. The number of hydrogen-bond acceptors (Lipinski definition) is 3. The van der Waals surface area contributed by atoms with Crippen LogP contribution in [-0.4, -0.2) is 27.4 Å². The largest absolute Gasteiger partial charge is 0.349 e. The summed E-state index contributed by atoms with van der Waals surface area (Å²) in [6.07, 6.45) is 2.20. The van der Waals surface area contributed by atoms with E-state index in [1.165, 1.54) is 4.31 Å². The van der Waals surface area contributed by atoms with Gasteiger partial charge in [-0.3, -0.25) is 9.10 Å². The number of hydrogen-bond donors (Lipinski definition) is 1. The van der Waals surface area contributed by atoms with Crippen LogP contribution in [-0.2, 0) is 16.4 Å². The van der Waals surface area contributed by atoms with E-state index in [9.17, 15) is 13.2 Å². The van der Waals surface area contributed by atoms with Crippen molar-refractivity contribution in [2.75, 3.05) is 17.4 Å². The Morgan fingerprint density at radius 1 is 1.21 bits per heavy atom. The molecule has 1 N–H and O–H groups in total. The molecule has 0 fully saturated rings. The second kappa shape index (κ2) is 6.49. The van der Waals surface area contributed by atoms with Crippen molar-refractivity contribution in [3.63, 3.8) is 0 Å². The Balaban J connectivity index is 1.91. The molecule has 0 bridgehead atoms. The molecule has 1 aliphatic rings. The highest BCUT2D eigenvalue weighted by Gasteiger charge is 2.31. The topological polar surface area (TPSA) is 66.5 Å². The fourth-order valence-corrected chi connectivity index (χ4v) is 4.27. The van der Waals surface area contributed by atoms with Gasteiger partial charge in [0.15, 0.2) is 0 Å². The smallest absolute Gasteiger partial charge is 0.264 e. The minimum Gasteiger partial charge on any atom is -0.349 e. The Kier molecular flexibility index (Phi) is 4.40. The molecule has 3 rings (SSSR count). The van der Waals surface area contributed by atoms with E-state index in [0.717, 1.165) is 5.56 Å². The fraction of sp³-hybridized carbons (Fsp3) is 0.167. The summed E-state index contributed by atoms with van der Waals surface area (Å²) in [6.45, 7) is 4.33. The maximum absolute atomic E-state index is 12.8. The molecule has 24 heavy (non-hydrogen) atoms. The van der Waals surface area contributed by atoms with Crippen molar-refractivity contribution in [1.82, 2.24) is 5.32 Å². The Morgan fingerprint density at radius 3 is 2.67 bits per heavy atom. The minimum absolute atomic E-state index is 0.193. The normalized spacial score (nSPS) is 13.4. The minimum atomic E-state index is -3.58. The number of nitrogens with one attached hydrogen (secondary N) is 1. The lowest BCUT2D eigenvalue weighted by Gasteiger charge is -2.19. The number of carbonyl (C=O) groups is 1. The van der Waals surface area contributed by atoms with Crippen LogP contribution >= 0.6 is 0 Å². The highest BCUT2D eigenvalue weighted by Crippen LogP contribution is 2.33. The first-order valence-electron chi connectivity index (χ1n) is 7.64. The molecule has 6 heteroatoms. The average molecular weight is 342 g/mol. The number of anilines is 1. The van der Waals surface area contributed by atoms with Gasteiger partial charge in [0.1, 0.15) is 0 Å². The van der Waals surface area contributed by atoms with E-state index in [1.54, 1.807) is 54.6 Å². The van der Waals surface area contributed by atoms with Crippen LogP contribution in [0.4, 0.5) is 5.69 Å². The number of benzene rings is 2. The van der Waals surface area contributed by atoms with Crippen molar-refractivity contribution in [1.29, 1.82) is 0 Å². The zero-order valence-corrected chi connectivity index (χ0v) is 13.9. The second-order valence-corrected chi connectivity index (χ2v) is 7.34. The third-order valence-electron chi connectivity index (χ3n) is 3.93. The van der Waals surface area contributed by atoms with Crippen molar-refractivity contribution in [2.24, 2.45) is 0 Å². The molecular formula is C18H18N2O3S. The molecule has 0 aromatic heterocycles. The Morgan fingerprint density at radius 2 is 1.96 bits per heavy atom. The van der Waals surface area contributed by atoms with Crippen LogP contribution in [0.5, 0.6) is 0 Å². The van der Waals surface area contributed by atoms with Crippen LogP contribution in [0.25, 0.3) is 0 Å². The van der Waals surface area contributed by atoms with E-state index in [-0.39, 0.29) is 10.8 Å². The Bertz CT molecular complexity index is 876. The summed E-state index contributed by atoms with van der Waals surface area (Å²) in [5.41, 5.74) is 2.02.